The summed E-state index contributed by atoms with van der Waals surface area (Å²) >= 11 is 5.65. The number of nitrogens with zero attached hydrogens (tertiary/aromatic N) is 1. The smallest absolute Gasteiger partial charge is 0.311 e. The topological polar surface area (TPSA) is 52.4 Å². The van der Waals surface area contributed by atoms with Crippen LogP contribution in [0.4, 0.5) is 5.69 Å². The maximum atomic E-state index is 11.0. The van der Waals surface area contributed by atoms with Crippen molar-refractivity contribution in [3.63, 3.8) is 0 Å². The highest BCUT2D eigenvalue weighted by Crippen LogP contribution is 2.32. The van der Waals surface area contributed by atoms with Gasteiger partial charge in [0.05, 0.1) is 4.92 Å². The van der Waals surface area contributed by atoms with Crippen molar-refractivity contribution in [3.8, 4) is 11.5 Å². The minimum Gasteiger partial charge on any atom is -0.450 e. The summed E-state index contributed by atoms with van der Waals surface area (Å²) in [5.74, 6) is 0.992. The molecule has 0 radical (unpaired) electrons. The minimum atomic E-state index is -0.478. The van der Waals surface area contributed by atoms with Crippen LogP contribution in [0, 0.1) is 10.1 Å². The minimum absolute atomic E-state index is 0.0861. The van der Waals surface area contributed by atoms with Gasteiger partial charge in [-0.3, -0.25) is 10.1 Å². The van der Waals surface area contributed by atoms with Crippen LogP contribution in [-0.4, -0.2) is 4.92 Å². The molecule has 0 saturated heterocycles. The maximum Gasteiger partial charge on any atom is 0.311 e. The predicted molar refractivity (Wildman–Crippen MR) is 69.2 cm³/mol. The molecule has 2 aromatic carbocycles. The Kier molecular flexibility index (Phi) is 3.79. The molecular formula is C13H10ClNO3. The van der Waals surface area contributed by atoms with Crippen molar-refractivity contribution >= 4 is 17.3 Å². The molecule has 0 fully saturated rings. The van der Waals surface area contributed by atoms with Crippen molar-refractivity contribution in [3.05, 3.63) is 64.2 Å². The van der Waals surface area contributed by atoms with Crippen LogP contribution in [0.2, 0.25) is 0 Å². The van der Waals surface area contributed by atoms with Crippen LogP contribution in [0.1, 0.15) is 5.56 Å². The van der Waals surface area contributed by atoms with E-state index in [1.165, 1.54) is 6.07 Å². The molecule has 0 aliphatic carbocycles. The van der Waals surface area contributed by atoms with E-state index in [0.29, 0.717) is 11.3 Å². The Balaban J connectivity index is 2.35. The fourth-order valence-corrected chi connectivity index (χ4v) is 1.66. The van der Waals surface area contributed by atoms with Crippen molar-refractivity contribution in [2.24, 2.45) is 0 Å². The van der Waals surface area contributed by atoms with Crippen LogP contribution in [0.25, 0.3) is 0 Å². The molecule has 0 bridgehead atoms. The second kappa shape index (κ2) is 5.51. The predicted octanol–water partition coefficient (Wildman–Crippen LogP) is 4.13. The Morgan fingerprint density at radius 3 is 2.50 bits per heavy atom. The van der Waals surface area contributed by atoms with Crippen molar-refractivity contribution < 1.29 is 9.66 Å². The molecule has 18 heavy (non-hydrogen) atoms. The van der Waals surface area contributed by atoms with Crippen molar-refractivity contribution in [2.75, 3.05) is 0 Å². The van der Waals surface area contributed by atoms with Gasteiger partial charge in [-0.2, -0.15) is 0 Å². The van der Waals surface area contributed by atoms with Crippen LogP contribution in [0.3, 0.4) is 0 Å². The van der Waals surface area contributed by atoms with E-state index in [1.54, 1.807) is 36.4 Å². The second-order valence-electron chi connectivity index (χ2n) is 3.61. The van der Waals surface area contributed by atoms with Gasteiger partial charge in [0.25, 0.3) is 0 Å². The van der Waals surface area contributed by atoms with E-state index in [2.05, 4.69) is 0 Å². The van der Waals surface area contributed by atoms with Gasteiger partial charge in [-0.05, 0) is 23.8 Å². The van der Waals surface area contributed by atoms with E-state index in [0.717, 1.165) is 0 Å². The van der Waals surface area contributed by atoms with Crippen LogP contribution < -0.4 is 4.74 Å². The molecule has 0 spiro atoms. The highest BCUT2D eigenvalue weighted by Gasteiger charge is 2.16. The fourth-order valence-electron chi connectivity index (χ4n) is 1.49. The molecule has 2 aromatic rings. The molecule has 0 aliphatic rings. The summed E-state index contributed by atoms with van der Waals surface area (Å²) in [5, 5.41) is 11.0. The molecule has 5 heteroatoms. The normalized spacial score (nSPS) is 10.1. The third-order valence-electron chi connectivity index (χ3n) is 2.35. The van der Waals surface area contributed by atoms with Gasteiger partial charge in [0.15, 0.2) is 0 Å². The molecule has 0 unspecified atom stereocenters. The Labute approximate surface area is 109 Å². The monoisotopic (exact) mass is 263 g/mol. The van der Waals surface area contributed by atoms with Crippen molar-refractivity contribution in [2.45, 2.75) is 5.88 Å². The molecule has 0 aromatic heterocycles. The van der Waals surface area contributed by atoms with Gasteiger partial charge in [-0.25, -0.2) is 0 Å². The number of para-hydroxylation sites is 1. The summed E-state index contributed by atoms with van der Waals surface area (Å²) in [4.78, 5) is 10.5. The number of alkyl halides is 1. The molecule has 0 atom stereocenters. The lowest BCUT2D eigenvalue weighted by Crippen LogP contribution is -1.94. The van der Waals surface area contributed by atoms with Gasteiger partial charge in [-0.15, -0.1) is 11.6 Å². The van der Waals surface area contributed by atoms with Crippen LogP contribution in [0.5, 0.6) is 11.5 Å². The van der Waals surface area contributed by atoms with E-state index in [-0.39, 0.29) is 17.3 Å². The van der Waals surface area contributed by atoms with Crippen LogP contribution in [-0.2, 0) is 5.88 Å². The van der Waals surface area contributed by atoms with E-state index >= 15 is 0 Å². The number of nitro groups is 1. The first-order valence-electron chi connectivity index (χ1n) is 5.27. The van der Waals surface area contributed by atoms with E-state index in [1.807, 2.05) is 6.07 Å². The molecular weight excluding hydrogens is 254 g/mol. The summed E-state index contributed by atoms with van der Waals surface area (Å²) in [7, 11) is 0. The maximum absolute atomic E-state index is 11.0. The zero-order valence-corrected chi connectivity index (χ0v) is 10.1. The Bertz CT molecular complexity index is 557. The molecule has 0 amide bonds. The zero-order valence-electron chi connectivity index (χ0n) is 9.38. The van der Waals surface area contributed by atoms with Gasteiger partial charge in [0, 0.05) is 11.9 Å². The second-order valence-corrected chi connectivity index (χ2v) is 3.88. The molecule has 0 aliphatic heterocycles. The summed E-state index contributed by atoms with van der Waals surface area (Å²) in [6.45, 7) is 0. The summed E-state index contributed by atoms with van der Waals surface area (Å²) in [6.07, 6.45) is 0. The average molecular weight is 264 g/mol. The molecule has 4 nitrogen and oxygen atoms in total. The molecule has 92 valence electrons. The fraction of sp³-hybridized carbons (Fsp3) is 0.0769. The van der Waals surface area contributed by atoms with Crippen molar-refractivity contribution in [1.29, 1.82) is 0 Å². The van der Waals surface area contributed by atoms with Gasteiger partial charge in [0.2, 0.25) is 5.75 Å². The third kappa shape index (κ3) is 2.78. The number of ether oxygens (including phenoxy) is 1. The Morgan fingerprint density at radius 2 is 1.89 bits per heavy atom. The number of hydrogen-bond acceptors (Lipinski definition) is 3. The lowest BCUT2D eigenvalue weighted by atomic mass is 10.2. The highest BCUT2D eigenvalue weighted by atomic mass is 35.5. The number of halogens is 1. The largest absolute Gasteiger partial charge is 0.450 e. The van der Waals surface area contributed by atoms with E-state index in [4.69, 9.17) is 16.3 Å². The van der Waals surface area contributed by atoms with E-state index < -0.39 is 4.92 Å². The first kappa shape index (κ1) is 12.4. The summed E-state index contributed by atoms with van der Waals surface area (Å²) < 4.78 is 5.49. The van der Waals surface area contributed by atoms with Crippen molar-refractivity contribution in [1.82, 2.24) is 0 Å². The first-order valence-corrected chi connectivity index (χ1v) is 5.80. The van der Waals surface area contributed by atoms with Gasteiger partial charge < -0.3 is 4.74 Å². The Morgan fingerprint density at radius 1 is 1.17 bits per heavy atom. The van der Waals surface area contributed by atoms with Crippen LogP contribution in [0.15, 0.2) is 48.5 Å². The molecule has 0 heterocycles. The quantitative estimate of drug-likeness (QED) is 0.473. The Hall–Kier alpha value is -2.07. The average Bonchev–Trinajstić information content (AvgIpc) is 2.40. The molecule has 2 rings (SSSR count). The lowest BCUT2D eigenvalue weighted by Gasteiger charge is -2.06. The van der Waals surface area contributed by atoms with Gasteiger partial charge in [-0.1, -0.05) is 24.3 Å². The number of nitro benzene ring substituents is 1. The molecule has 0 N–H and O–H groups in total. The third-order valence-corrected chi connectivity index (χ3v) is 2.65. The van der Waals surface area contributed by atoms with E-state index in [9.17, 15) is 10.1 Å². The standard InChI is InChI=1S/C13H10ClNO3/c14-9-10-6-7-13(12(8-10)15(16)17)18-11-4-2-1-3-5-11/h1-8H,9H2. The summed E-state index contributed by atoms with van der Waals surface area (Å²) in [5.41, 5.74) is 0.598. The van der Waals surface area contributed by atoms with Gasteiger partial charge in [0.1, 0.15) is 5.75 Å². The van der Waals surface area contributed by atoms with Crippen LogP contribution >= 0.6 is 11.6 Å². The van der Waals surface area contributed by atoms with Gasteiger partial charge >= 0.3 is 5.69 Å². The summed E-state index contributed by atoms with van der Waals surface area (Å²) in [6, 6.07) is 13.6. The lowest BCUT2D eigenvalue weighted by molar-refractivity contribution is -0.385. The number of benzene rings is 2. The SMILES string of the molecule is O=[N+]([O-])c1cc(CCl)ccc1Oc1ccccc1. The zero-order chi connectivity index (χ0) is 13.0. The number of rotatable bonds is 4. The first-order chi connectivity index (χ1) is 8.70. The molecule has 0 saturated carbocycles. The highest BCUT2D eigenvalue weighted by molar-refractivity contribution is 6.17. The number of hydrogen-bond donors (Lipinski definition) is 0.